The molecular weight excluding hydrogens is 258 g/mol. The Labute approximate surface area is 129 Å². The highest BCUT2D eigenvalue weighted by atomic mass is 16.3. The predicted octanol–water partition coefficient (Wildman–Crippen LogP) is 3.87. The third-order valence-electron chi connectivity index (χ3n) is 7.09. The van der Waals surface area contributed by atoms with Gasteiger partial charge in [-0.15, -0.1) is 0 Å². The van der Waals surface area contributed by atoms with Crippen LogP contribution in [-0.2, 0) is 0 Å². The molecule has 0 aliphatic heterocycles. The van der Waals surface area contributed by atoms with Crippen LogP contribution >= 0.6 is 0 Å². The summed E-state index contributed by atoms with van der Waals surface area (Å²) in [5, 5.41) is 9.95. The summed E-state index contributed by atoms with van der Waals surface area (Å²) in [5.41, 5.74) is 2.02. The minimum atomic E-state index is 0.114. The highest BCUT2D eigenvalue weighted by Gasteiger charge is 2.62. The molecule has 0 amide bonds. The Morgan fingerprint density at radius 3 is 2.38 bits per heavy atom. The highest BCUT2D eigenvalue weighted by molar-refractivity contribution is 5.21. The van der Waals surface area contributed by atoms with Crippen molar-refractivity contribution in [2.24, 2.45) is 16.7 Å². The molecule has 4 unspecified atom stereocenters. The quantitative estimate of drug-likeness (QED) is 0.909. The Balaban J connectivity index is 1.87. The molecule has 2 aliphatic rings. The first kappa shape index (κ1) is 15.1. The minimum absolute atomic E-state index is 0.114. The predicted molar refractivity (Wildman–Crippen MR) is 87.0 cm³/mol. The molecule has 0 aromatic heterocycles. The van der Waals surface area contributed by atoms with E-state index in [-0.39, 0.29) is 12.6 Å². The van der Waals surface area contributed by atoms with Crippen molar-refractivity contribution in [3.05, 3.63) is 35.9 Å². The number of hydrogen-bond acceptors (Lipinski definition) is 2. The van der Waals surface area contributed by atoms with Crippen LogP contribution in [0.2, 0.25) is 0 Å². The molecule has 4 atom stereocenters. The van der Waals surface area contributed by atoms with Gasteiger partial charge in [0, 0.05) is 6.04 Å². The molecular formula is C19H29NO. The highest BCUT2D eigenvalue weighted by Crippen LogP contribution is 2.66. The summed E-state index contributed by atoms with van der Waals surface area (Å²) in [5.74, 6) is 0.838. The number of nitrogens with zero attached hydrogens (tertiary/aromatic N) is 1. The van der Waals surface area contributed by atoms with E-state index in [2.05, 4.69) is 57.0 Å². The van der Waals surface area contributed by atoms with Crippen LogP contribution in [0.1, 0.15) is 51.6 Å². The average Bonchev–Trinajstić information content (AvgIpc) is 2.81. The molecule has 2 aliphatic carbocycles. The van der Waals surface area contributed by atoms with Crippen LogP contribution in [-0.4, -0.2) is 29.7 Å². The molecule has 0 saturated heterocycles. The van der Waals surface area contributed by atoms with Crippen LogP contribution in [0.25, 0.3) is 0 Å². The largest absolute Gasteiger partial charge is 0.394 e. The van der Waals surface area contributed by atoms with E-state index in [4.69, 9.17) is 0 Å². The second kappa shape index (κ2) is 5.10. The average molecular weight is 287 g/mol. The molecule has 1 aromatic rings. The van der Waals surface area contributed by atoms with E-state index in [0.717, 1.165) is 5.92 Å². The summed E-state index contributed by atoms with van der Waals surface area (Å²) in [4.78, 5) is 2.45. The van der Waals surface area contributed by atoms with E-state index in [1.807, 2.05) is 6.07 Å². The van der Waals surface area contributed by atoms with Crippen molar-refractivity contribution in [1.82, 2.24) is 4.90 Å². The van der Waals surface area contributed by atoms with Crippen molar-refractivity contribution in [2.45, 2.75) is 52.1 Å². The van der Waals surface area contributed by atoms with Gasteiger partial charge in [0.1, 0.15) is 0 Å². The first-order valence-corrected chi connectivity index (χ1v) is 8.29. The number of likely N-dealkylation sites (N-methyl/N-ethyl adjacent to an activating group) is 1. The van der Waals surface area contributed by atoms with Crippen LogP contribution in [0.4, 0.5) is 0 Å². The first-order valence-electron chi connectivity index (χ1n) is 8.29. The number of aliphatic hydroxyl groups is 1. The minimum Gasteiger partial charge on any atom is -0.394 e. The maximum atomic E-state index is 9.95. The van der Waals surface area contributed by atoms with Gasteiger partial charge in [-0.2, -0.15) is 0 Å². The van der Waals surface area contributed by atoms with E-state index in [1.54, 1.807) is 0 Å². The monoisotopic (exact) mass is 287 g/mol. The Morgan fingerprint density at radius 1 is 1.24 bits per heavy atom. The number of benzene rings is 1. The van der Waals surface area contributed by atoms with E-state index in [9.17, 15) is 5.11 Å². The normalized spacial score (nSPS) is 35.3. The van der Waals surface area contributed by atoms with Crippen molar-refractivity contribution < 1.29 is 5.11 Å². The summed E-state index contributed by atoms with van der Waals surface area (Å²) >= 11 is 0. The lowest BCUT2D eigenvalue weighted by atomic mass is 9.68. The fourth-order valence-corrected chi connectivity index (χ4v) is 5.14. The first-order chi connectivity index (χ1) is 9.91. The zero-order valence-electron chi connectivity index (χ0n) is 13.8. The number of hydrogen-bond donors (Lipinski definition) is 1. The van der Waals surface area contributed by atoms with Crippen molar-refractivity contribution in [3.8, 4) is 0 Å². The molecule has 1 aromatic carbocycles. The number of fused-ring (bicyclic) bond motifs is 2. The second-order valence-corrected chi connectivity index (χ2v) is 7.90. The van der Waals surface area contributed by atoms with Gasteiger partial charge < -0.3 is 5.11 Å². The molecule has 1 N–H and O–H groups in total. The van der Waals surface area contributed by atoms with Gasteiger partial charge in [-0.3, -0.25) is 4.90 Å². The third kappa shape index (κ3) is 2.07. The second-order valence-electron chi connectivity index (χ2n) is 7.90. The molecule has 2 fully saturated rings. The van der Waals surface area contributed by atoms with E-state index in [1.165, 1.54) is 24.8 Å². The van der Waals surface area contributed by atoms with E-state index in [0.29, 0.717) is 16.9 Å². The summed E-state index contributed by atoms with van der Waals surface area (Å²) in [6, 6.07) is 11.1. The van der Waals surface area contributed by atoms with Crippen LogP contribution in [0.15, 0.2) is 30.3 Å². The molecule has 0 radical (unpaired) electrons. The lowest BCUT2D eigenvalue weighted by molar-refractivity contribution is 0.0169. The van der Waals surface area contributed by atoms with Crippen molar-refractivity contribution in [1.29, 1.82) is 0 Å². The zero-order chi connectivity index (χ0) is 15.3. The molecule has 2 bridgehead atoms. The standard InChI is InChI=1S/C19H29NO/c1-18(2)15-10-11-19(18,3)17(12-15)20(4)16(13-21)14-8-6-5-7-9-14/h5-9,15-17,21H,10-13H2,1-4H3. The van der Waals surface area contributed by atoms with Crippen LogP contribution in [0.3, 0.4) is 0 Å². The maximum absolute atomic E-state index is 9.95. The third-order valence-corrected chi connectivity index (χ3v) is 7.09. The van der Waals surface area contributed by atoms with E-state index < -0.39 is 0 Å². The Morgan fingerprint density at radius 2 is 1.90 bits per heavy atom. The van der Waals surface area contributed by atoms with Gasteiger partial charge in [0.05, 0.1) is 12.6 Å². The summed E-state index contributed by atoms with van der Waals surface area (Å²) in [6.07, 6.45) is 3.99. The van der Waals surface area contributed by atoms with Gasteiger partial charge in [0.15, 0.2) is 0 Å². The Bertz CT molecular complexity index is 498. The number of aliphatic hydroxyl groups excluding tert-OH is 1. The lowest BCUT2D eigenvalue weighted by Gasteiger charge is -2.45. The van der Waals surface area contributed by atoms with Crippen LogP contribution in [0.5, 0.6) is 0 Å². The maximum Gasteiger partial charge on any atom is 0.0628 e. The van der Waals surface area contributed by atoms with Gasteiger partial charge in [-0.1, -0.05) is 51.1 Å². The van der Waals surface area contributed by atoms with Gasteiger partial charge in [-0.05, 0) is 48.6 Å². The van der Waals surface area contributed by atoms with Crippen LogP contribution in [0, 0.1) is 16.7 Å². The van der Waals surface area contributed by atoms with Crippen molar-refractivity contribution >= 4 is 0 Å². The zero-order valence-corrected chi connectivity index (χ0v) is 13.8. The molecule has 0 spiro atoms. The van der Waals surface area contributed by atoms with Gasteiger partial charge in [0.2, 0.25) is 0 Å². The molecule has 3 rings (SSSR count). The lowest BCUT2D eigenvalue weighted by Crippen LogP contribution is -2.47. The number of rotatable bonds is 4. The van der Waals surface area contributed by atoms with Crippen molar-refractivity contribution in [3.63, 3.8) is 0 Å². The summed E-state index contributed by atoms with van der Waals surface area (Å²) in [6.45, 7) is 7.57. The molecule has 21 heavy (non-hydrogen) atoms. The van der Waals surface area contributed by atoms with Crippen LogP contribution < -0.4 is 0 Å². The summed E-state index contributed by atoms with van der Waals surface area (Å²) < 4.78 is 0. The molecule has 2 heteroatoms. The molecule has 2 nitrogen and oxygen atoms in total. The fourth-order valence-electron chi connectivity index (χ4n) is 5.14. The molecule has 0 heterocycles. The van der Waals surface area contributed by atoms with E-state index >= 15 is 0 Å². The molecule has 2 saturated carbocycles. The Hall–Kier alpha value is -0.860. The summed E-state index contributed by atoms with van der Waals surface area (Å²) in [7, 11) is 2.21. The fraction of sp³-hybridized carbons (Fsp3) is 0.684. The smallest absolute Gasteiger partial charge is 0.0628 e. The topological polar surface area (TPSA) is 23.5 Å². The van der Waals surface area contributed by atoms with Gasteiger partial charge >= 0.3 is 0 Å². The van der Waals surface area contributed by atoms with Gasteiger partial charge in [0.25, 0.3) is 0 Å². The van der Waals surface area contributed by atoms with Gasteiger partial charge in [-0.25, -0.2) is 0 Å². The molecule has 116 valence electrons. The Kier molecular flexibility index (Phi) is 3.66. The SMILES string of the molecule is CN(C(CO)c1ccccc1)C1CC2CCC1(C)C2(C)C. The van der Waals surface area contributed by atoms with Crippen molar-refractivity contribution in [2.75, 3.05) is 13.7 Å².